The summed E-state index contributed by atoms with van der Waals surface area (Å²) >= 11 is 0. The zero-order chi connectivity index (χ0) is 15.1. The van der Waals surface area contributed by atoms with E-state index in [-0.39, 0.29) is 5.54 Å². The van der Waals surface area contributed by atoms with Gasteiger partial charge in [0.1, 0.15) is 0 Å². The number of methoxy groups -OCH3 is 1. The molecule has 0 aromatic carbocycles. The summed E-state index contributed by atoms with van der Waals surface area (Å²) < 4.78 is 10.6. The van der Waals surface area contributed by atoms with Gasteiger partial charge in [-0.2, -0.15) is 0 Å². The molecule has 4 nitrogen and oxygen atoms in total. The Morgan fingerprint density at radius 3 is 2.40 bits per heavy atom. The van der Waals surface area contributed by atoms with Gasteiger partial charge in [-0.05, 0) is 33.1 Å². The number of nitrogens with one attached hydrogen (secondary N) is 1. The van der Waals surface area contributed by atoms with Crippen LogP contribution < -0.4 is 5.32 Å². The maximum atomic E-state index is 5.57. The monoisotopic (exact) mass is 286 g/mol. The Morgan fingerprint density at radius 1 is 1.10 bits per heavy atom. The number of nitrogens with zero attached hydrogens (tertiary/aromatic N) is 1. The number of hydrogen-bond acceptors (Lipinski definition) is 4. The number of rotatable bonds is 9. The smallest absolute Gasteiger partial charge is 0.0700 e. The fourth-order valence-electron chi connectivity index (χ4n) is 2.86. The summed E-state index contributed by atoms with van der Waals surface area (Å²) in [5, 5.41) is 3.78. The first-order chi connectivity index (χ1) is 9.49. The van der Waals surface area contributed by atoms with Crippen molar-refractivity contribution in [2.75, 3.05) is 46.6 Å². The molecule has 0 aliphatic carbocycles. The highest BCUT2D eigenvalue weighted by Crippen LogP contribution is 2.28. The molecule has 1 aliphatic rings. The molecule has 1 rings (SSSR count). The van der Waals surface area contributed by atoms with Gasteiger partial charge in [-0.3, -0.25) is 4.90 Å². The van der Waals surface area contributed by atoms with Crippen LogP contribution in [0.5, 0.6) is 0 Å². The lowest BCUT2D eigenvalue weighted by Crippen LogP contribution is -2.67. The molecule has 0 unspecified atom stereocenters. The van der Waals surface area contributed by atoms with Crippen LogP contribution in [0.4, 0.5) is 0 Å². The van der Waals surface area contributed by atoms with Gasteiger partial charge >= 0.3 is 0 Å². The van der Waals surface area contributed by atoms with E-state index >= 15 is 0 Å². The van der Waals surface area contributed by atoms with Gasteiger partial charge in [-0.25, -0.2) is 0 Å². The van der Waals surface area contributed by atoms with Crippen molar-refractivity contribution in [1.29, 1.82) is 0 Å². The van der Waals surface area contributed by atoms with E-state index in [0.717, 1.165) is 32.7 Å². The first-order valence-corrected chi connectivity index (χ1v) is 8.06. The van der Waals surface area contributed by atoms with E-state index in [1.807, 2.05) is 0 Å². The van der Waals surface area contributed by atoms with Crippen LogP contribution in [-0.4, -0.2) is 62.5 Å². The molecule has 120 valence electrons. The molecular weight excluding hydrogens is 252 g/mol. The van der Waals surface area contributed by atoms with Crippen LogP contribution in [0.1, 0.15) is 47.0 Å². The van der Waals surface area contributed by atoms with E-state index in [1.165, 1.54) is 12.8 Å². The van der Waals surface area contributed by atoms with Gasteiger partial charge in [0.05, 0.1) is 13.2 Å². The van der Waals surface area contributed by atoms with Crippen molar-refractivity contribution in [2.24, 2.45) is 0 Å². The molecular formula is C16H34N2O2. The van der Waals surface area contributed by atoms with E-state index in [4.69, 9.17) is 9.47 Å². The van der Waals surface area contributed by atoms with Gasteiger partial charge in [0.2, 0.25) is 0 Å². The van der Waals surface area contributed by atoms with E-state index in [2.05, 4.69) is 37.9 Å². The lowest BCUT2D eigenvalue weighted by molar-refractivity contribution is 0.0109. The lowest BCUT2D eigenvalue weighted by Gasteiger charge is -2.52. The van der Waals surface area contributed by atoms with E-state index in [1.54, 1.807) is 7.11 Å². The molecule has 0 radical (unpaired) electrons. The Morgan fingerprint density at radius 2 is 1.80 bits per heavy atom. The number of piperazine rings is 1. The van der Waals surface area contributed by atoms with Gasteiger partial charge in [0, 0.05) is 44.4 Å². The van der Waals surface area contributed by atoms with Crippen molar-refractivity contribution >= 4 is 0 Å². The van der Waals surface area contributed by atoms with E-state index < -0.39 is 0 Å². The predicted octanol–water partition coefficient (Wildman–Crippen LogP) is 2.28. The standard InChI is InChI=1S/C16H34N2O2/c1-6-16(7-2)14-18(15(3,4)13-17-16)9-8-10-20-12-11-19-5/h17H,6-14H2,1-5H3. The average molecular weight is 286 g/mol. The second kappa shape index (κ2) is 8.32. The Bertz CT molecular complexity index is 265. The highest BCUT2D eigenvalue weighted by molar-refractivity contribution is 5.00. The van der Waals surface area contributed by atoms with Crippen LogP contribution in [0.2, 0.25) is 0 Å². The molecule has 20 heavy (non-hydrogen) atoms. The minimum Gasteiger partial charge on any atom is -0.382 e. The third-order valence-electron chi connectivity index (χ3n) is 4.75. The Kier molecular flexibility index (Phi) is 7.45. The first-order valence-electron chi connectivity index (χ1n) is 8.06. The topological polar surface area (TPSA) is 33.7 Å². The molecule has 1 heterocycles. The maximum Gasteiger partial charge on any atom is 0.0700 e. The van der Waals surface area contributed by atoms with Gasteiger partial charge in [-0.15, -0.1) is 0 Å². The van der Waals surface area contributed by atoms with Gasteiger partial charge in [-0.1, -0.05) is 13.8 Å². The lowest BCUT2D eigenvalue weighted by atomic mass is 9.85. The average Bonchev–Trinajstić information content (AvgIpc) is 2.44. The second-order valence-corrected chi connectivity index (χ2v) is 6.53. The summed E-state index contributed by atoms with van der Waals surface area (Å²) in [6.07, 6.45) is 3.48. The molecule has 4 heteroatoms. The van der Waals surface area contributed by atoms with Gasteiger partial charge in [0.25, 0.3) is 0 Å². The molecule has 0 aromatic rings. The van der Waals surface area contributed by atoms with Gasteiger partial charge < -0.3 is 14.8 Å². The molecule has 1 aliphatic heterocycles. The Balaban J connectivity index is 2.39. The summed E-state index contributed by atoms with van der Waals surface area (Å²) in [4.78, 5) is 2.64. The predicted molar refractivity (Wildman–Crippen MR) is 84.3 cm³/mol. The Labute approximate surface area is 125 Å². The van der Waals surface area contributed by atoms with Crippen molar-refractivity contribution in [2.45, 2.75) is 58.0 Å². The molecule has 1 N–H and O–H groups in total. The zero-order valence-corrected chi connectivity index (χ0v) is 14.1. The zero-order valence-electron chi connectivity index (χ0n) is 14.1. The quantitative estimate of drug-likeness (QED) is 0.659. The third-order valence-corrected chi connectivity index (χ3v) is 4.75. The highest BCUT2D eigenvalue weighted by atomic mass is 16.5. The van der Waals surface area contributed by atoms with Crippen molar-refractivity contribution in [3.05, 3.63) is 0 Å². The van der Waals surface area contributed by atoms with Crippen molar-refractivity contribution in [3.8, 4) is 0 Å². The SMILES string of the molecule is CCC1(CC)CN(CCCOCCOC)C(C)(C)CN1. The fraction of sp³-hybridized carbons (Fsp3) is 1.00. The third kappa shape index (κ3) is 4.99. The van der Waals surface area contributed by atoms with Crippen LogP contribution in [0.15, 0.2) is 0 Å². The molecule has 1 fully saturated rings. The van der Waals surface area contributed by atoms with Crippen molar-refractivity contribution in [3.63, 3.8) is 0 Å². The minimum absolute atomic E-state index is 0.236. The molecule has 0 bridgehead atoms. The van der Waals surface area contributed by atoms with E-state index in [9.17, 15) is 0 Å². The largest absolute Gasteiger partial charge is 0.382 e. The molecule has 0 saturated carbocycles. The van der Waals surface area contributed by atoms with Gasteiger partial charge in [0.15, 0.2) is 0 Å². The van der Waals surface area contributed by atoms with Crippen LogP contribution in [0.25, 0.3) is 0 Å². The summed E-state index contributed by atoms with van der Waals surface area (Å²) in [5.74, 6) is 0. The summed E-state index contributed by atoms with van der Waals surface area (Å²) in [6, 6.07) is 0. The summed E-state index contributed by atoms with van der Waals surface area (Å²) in [6.45, 7) is 14.8. The normalized spacial score (nSPS) is 22.1. The van der Waals surface area contributed by atoms with Crippen LogP contribution in [0, 0.1) is 0 Å². The molecule has 1 saturated heterocycles. The highest BCUT2D eigenvalue weighted by Gasteiger charge is 2.40. The van der Waals surface area contributed by atoms with Crippen LogP contribution >= 0.6 is 0 Å². The minimum atomic E-state index is 0.236. The van der Waals surface area contributed by atoms with E-state index in [0.29, 0.717) is 18.8 Å². The molecule has 0 spiro atoms. The molecule has 0 amide bonds. The summed E-state index contributed by atoms with van der Waals surface area (Å²) in [5.41, 5.74) is 0.535. The summed E-state index contributed by atoms with van der Waals surface area (Å²) in [7, 11) is 1.71. The molecule has 0 atom stereocenters. The Hall–Kier alpha value is -0.160. The number of hydrogen-bond donors (Lipinski definition) is 1. The number of ether oxygens (including phenoxy) is 2. The van der Waals surface area contributed by atoms with Crippen molar-refractivity contribution in [1.82, 2.24) is 10.2 Å². The maximum absolute atomic E-state index is 5.57. The fourth-order valence-corrected chi connectivity index (χ4v) is 2.86. The first kappa shape index (κ1) is 17.9. The molecule has 0 aromatic heterocycles. The van der Waals surface area contributed by atoms with Crippen LogP contribution in [-0.2, 0) is 9.47 Å². The van der Waals surface area contributed by atoms with Crippen LogP contribution in [0.3, 0.4) is 0 Å². The second-order valence-electron chi connectivity index (χ2n) is 6.53. The van der Waals surface area contributed by atoms with Crippen molar-refractivity contribution < 1.29 is 9.47 Å².